The van der Waals surface area contributed by atoms with Gasteiger partial charge in [-0.05, 0) is 50.1 Å². The third-order valence-electron chi connectivity index (χ3n) is 5.89. The number of urea groups is 1. The maximum atomic E-state index is 12.8. The molecule has 0 aliphatic carbocycles. The lowest BCUT2D eigenvalue weighted by Gasteiger charge is -2.35. The Morgan fingerprint density at radius 1 is 1.03 bits per heavy atom. The number of nitrogens with zero attached hydrogens (tertiary/aromatic N) is 3. The molecule has 1 aliphatic heterocycles. The molecule has 0 saturated carbocycles. The molecule has 0 radical (unpaired) electrons. The van der Waals surface area contributed by atoms with Gasteiger partial charge in [0.2, 0.25) is 0 Å². The molecule has 172 valence electrons. The van der Waals surface area contributed by atoms with Crippen LogP contribution in [-0.4, -0.2) is 74.7 Å². The molecule has 1 saturated heterocycles. The molecule has 1 aliphatic rings. The quantitative estimate of drug-likeness (QED) is 0.642. The molecule has 1 N–H and O–H groups in total. The van der Waals surface area contributed by atoms with Crippen molar-refractivity contribution in [3.63, 3.8) is 0 Å². The number of carbonyl (C=O) groups is 2. The zero-order valence-corrected chi connectivity index (χ0v) is 19.3. The second kappa shape index (κ2) is 11.4. The number of para-hydroxylation sites is 1. The maximum Gasteiger partial charge on any atom is 0.317 e. The van der Waals surface area contributed by atoms with Gasteiger partial charge in [-0.2, -0.15) is 0 Å². The normalized spacial score (nSPS) is 13.6. The number of amides is 3. The van der Waals surface area contributed by atoms with Gasteiger partial charge in [-0.25, -0.2) is 4.79 Å². The first-order valence-corrected chi connectivity index (χ1v) is 11.3. The average Bonchev–Trinajstić information content (AvgIpc) is 2.84. The number of hydrogen-bond donors (Lipinski definition) is 1. The molecule has 3 amide bonds. The summed E-state index contributed by atoms with van der Waals surface area (Å²) in [6, 6.07) is 15.8. The molecule has 1 heterocycles. The lowest BCUT2D eigenvalue weighted by atomic mass is 10.1. The first-order valence-electron chi connectivity index (χ1n) is 11.3. The minimum Gasteiger partial charge on any atom is -0.496 e. The van der Waals surface area contributed by atoms with Crippen molar-refractivity contribution in [2.75, 3.05) is 57.8 Å². The summed E-state index contributed by atoms with van der Waals surface area (Å²) in [5.74, 6) is 0.687. The number of nitrogens with one attached hydrogen (secondary N) is 1. The molecule has 0 atom stereocenters. The highest BCUT2D eigenvalue weighted by Gasteiger charge is 2.25. The Balaban J connectivity index is 1.41. The number of carbonyl (C=O) groups excluding carboxylic acids is 2. The van der Waals surface area contributed by atoms with E-state index in [4.69, 9.17) is 4.74 Å². The third kappa shape index (κ3) is 5.93. The number of anilines is 1. The number of piperazine rings is 1. The topological polar surface area (TPSA) is 65.1 Å². The van der Waals surface area contributed by atoms with Crippen molar-refractivity contribution in [3.05, 3.63) is 59.7 Å². The summed E-state index contributed by atoms with van der Waals surface area (Å²) in [6.07, 6.45) is 0.877. The van der Waals surface area contributed by atoms with Crippen LogP contribution in [-0.2, 0) is 0 Å². The predicted molar refractivity (Wildman–Crippen MR) is 128 cm³/mol. The van der Waals surface area contributed by atoms with Gasteiger partial charge in [0.05, 0.1) is 7.11 Å². The standard InChI is InChI=1S/C25H34N4O3/c1-4-27(22-9-6-5-7-10-22)14-8-13-26-25(31)29-17-15-28(16-18-29)24(30)21-12-11-20(2)23(19-21)32-3/h5-7,9-12,19H,4,8,13-18H2,1-3H3,(H,26,31). The van der Waals surface area contributed by atoms with E-state index in [0.717, 1.165) is 25.1 Å². The lowest BCUT2D eigenvalue weighted by Crippen LogP contribution is -2.53. The highest BCUT2D eigenvalue weighted by Crippen LogP contribution is 2.20. The molecule has 32 heavy (non-hydrogen) atoms. The first-order chi connectivity index (χ1) is 15.5. The maximum absolute atomic E-state index is 12.8. The van der Waals surface area contributed by atoms with E-state index in [1.807, 2.05) is 37.3 Å². The van der Waals surface area contributed by atoms with Crippen LogP contribution in [0.5, 0.6) is 5.75 Å². The number of hydrogen-bond acceptors (Lipinski definition) is 4. The fourth-order valence-corrected chi connectivity index (χ4v) is 3.93. The number of rotatable bonds is 8. The van der Waals surface area contributed by atoms with E-state index in [1.54, 1.807) is 23.0 Å². The summed E-state index contributed by atoms with van der Waals surface area (Å²) in [4.78, 5) is 31.2. The van der Waals surface area contributed by atoms with Crippen molar-refractivity contribution in [2.24, 2.45) is 0 Å². The third-order valence-corrected chi connectivity index (χ3v) is 5.89. The summed E-state index contributed by atoms with van der Waals surface area (Å²) >= 11 is 0. The largest absolute Gasteiger partial charge is 0.496 e. The van der Waals surface area contributed by atoms with E-state index in [9.17, 15) is 9.59 Å². The SMILES string of the molecule is CCN(CCCNC(=O)N1CCN(C(=O)c2ccc(C)c(OC)c2)CC1)c1ccccc1. The Kier molecular flexibility index (Phi) is 8.36. The average molecular weight is 439 g/mol. The zero-order valence-electron chi connectivity index (χ0n) is 19.3. The molecule has 0 unspecified atom stereocenters. The van der Waals surface area contributed by atoms with Crippen molar-refractivity contribution in [1.82, 2.24) is 15.1 Å². The summed E-state index contributed by atoms with van der Waals surface area (Å²) in [6.45, 7) is 8.66. The first kappa shape index (κ1) is 23.4. The number of benzene rings is 2. The van der Waals surface area contributed by atoms with Crippen molar-refractivity contribution in [1.29, 1.82) is 0 Å². The van der Waals surface area contributed by atoms with Gasteiger partial charge in [0.15, 0.2) is 0 Å². The Morgan fingerprint density at radius 3 is 2.38 bits per heavy atom. The molecule has 7 nitrogen and oxygen atoms in total. The van der Waals surface area contributed by atoms with Crippen LogP contribution >= 0.6 is 0 Å². The van der Waals surface area contributed by atoms with Gasteiger partial charge in [0.1, 0.15) is 5.75 Å². The van der Waals surface area contributed by atoms with Crippen LogP contribution in [0.25, 0.3) is 0 Å². The molecule has 7 heteroatoms. The van der Waals surface area contributed by atoms with Gasteiger partial charge >= 0.3 is 6.03 Å². The molecule has 0 bridgehead atoms. The van der Waals surface area contributed by atoms with Gasteiger partial charge in [-0.15, -0.1) is 0 Å². The molecule has 1 fully saturated rings. The summed E-state index contributed by atoms with van der Waals surface area (Å²) in [5.41, 5.74) is 2.81. The monoisotopic (exact) mass is 438 g/mol. The molecule has 0 spiro atoms. The smallest absolute Gasteiger partial charge is 0.317 e. The number of methoxy groups -OCH3 is 1. The second-order valence-electron chi connectivity index (χ2n) is 7.96. The van der Waals surface area contributed by atoms with E-state index in [0.29, 0.717) is 44.0 Å². The van der Waals surface area contributed by atoms with Crippen LogP contribution in [0.2, 0.25) is 0 Å². The van der Waals surface area contributed by atoms with Gasteiger partial charge < -0.3 is 24.8 Å². The summed E-state index contributed by atoms with van der Waals surface area (Å²) in [7, 11) is 1.61. The second-order valence-corrected chi connectivity index (χ2v) is 7.96. The van der Waals surface area contributed by atoms with Crippen LogP contribution in [0.3, 0.4) is 0 Å². The molecule has 2 aromatic carbocycles. The fourth-order valence-electron chi connectivity index (χ4n) is 3.93. The Morgan fingerprint density at radius 2 is 1.72 bits per heavy atom. The number of ether oxygens (including phenoxy) is 1. The van der Waals surface area contributed by atoms with E-state index < -0.39 is 0 Å². The van der Waals surface area contributed by atoms with Crippen LogP contribution < -0.4 is 15.0 Å². The van der Waals surface area contributed by atoms with Gasteiger partial charge in [0, 0.05) is 57.1 Å². The molecular formula is C25H34N4O3. The van der Waals surface area contributed by atoms with Crippen LogP contribution in [0.4, 0.5) is 10.5 Å². The molecule has 3 rings (SSSR count). The summed E-state index contributed by atoms with van der Waals surface area (Å²) in [5, 5.41) is 3.02. The Bertz CT molecular complexity index is 895. The van der Waals surface area contributed by atoms with Crippen molar-refractivity contribution in [3.8, 4) is 5.75 Å². The molecule has 2 aromatic rings. The van der Waals surface area contributed by atoms with Crippen LogP contribution in [0.15, 0.2) is 48.5 Å². The van der Waals surface area contributed by atoms with Crippen LogP contribution in [0, 0.1) is 6.92 Å². The van der Waals surface area contributed by atoms with E-state index >= 15 is 0 Å². The van der Waals surface area contributed by atoms with Gasteiger partial charge in [0.25, 0.3) is 5.91 Å². The van der Waals surface area contributed by atoms with Crippen molar-refractivity contribution < 1.29 is 14.3 Å². The Labute approximate surface area is 190 Å². The Hall–Kier alpha value is -3.22. The fraction of sp³-hybridized carbons (Fsp3) is 0.440. The van der Waals surface area contributed by atoms with E-state index in [2.05, 4.69) is 29.3 Å². The van der Waals surface area contributed by atoms with Crippen molar-refractivity contribution in [2.45, 2.75) is 20.3 Å². The highest BCUT2D eigenvalue weighted by molar-refractivity contribution is 5.95. The van der Waals surface area contributed by atoms with Crippen molar-refractivity contribution >= 4 is 17.6 Å². The van der Waals surface area contributed by atoms with Crippen LogP contribution in [0.1, 0.15) is 29.3 Å². The minimum atomic E-state index is -0.0585. The van der Waals surface area contributed by atoms with Gasteiger partial charge in [-0.3, -0.25) is 4.79 Å². The minimum absolute atomic E-state index is 0.0241. The highest BCUT2D eigenvalue weighted by atomic mass is 16.5. The molecule has 0 aromatic heterocycles. The number of aryl methyl sites for hydroxylation is 1. The molecular weight excluding hydrogens is 404 g/mol. The predicted octanol–water partition coefficient (Wildman–Crippen LogP) is 3.39. The summed E-state index contributed by atoms with van der Waals surface area (Å²) < 4.78 is 5.33. The zero-order chi connectivity index (χ0) is 22.9. The van der Waals surface area contributed by atoms with E-state index in [1.165, 1.54) is 5.69 Å². The van der Waals surface area contributed by atoms with E-state index in [-0.39, 0.29) is 11.9 Å². The lowest BCUT2D eigenvalue weighted by molar-refractivity contribution is 0.0665. The van der Waals surface area contributed by atoms with Gasteiger partial charge in [-0.1, -0.05) is 24.3 Å².